The van der Waals surface area contributed by atoms with E-state index >= 15 is 0 Å². The lowest BCUT2D eigenvalue weighted by Gasteiger charge is -2.41. The highest BCUT2D eigenvalue weighted by Crippen LogP contribution is 2.43. The number of likely N-dealkylation sites (tertiary alicyclic amines) is 1. The van der Waals surface area contributed by atoms with Crippen LogP contribution in [0.4, 0.5) is 4.79 Å². The fraction of sp³-hybridized carbons (Fsp3) is 0.867. The first-order valence-electron chi connectivity index (χ1n) is 7.78. The van der Waals surface area contributed by atoms with Crippen LogP contribution in [0.5, 0.6) is 0 Å². The number of hydrogen-bond acceptors (Lipinski definition) is 3. The average Bonchev–Trinajstić information content (AvgIpc) is 2.42. The third kappa shape index (κ3) is 4.33. The molecule has 0 unspecified atom stereocenters. The first kappa shape index (κ1) is 16.1. The van der Waals surface area contributed by atoms with E-state index in [2.05, 4.69) is 5.32 Å². The van der Waals surface area contributed by atoms with Crippen LogP contribution < -0.4 is 5.32 Å². The van der Waals surface area contributed by atoms with E-state index < -0.39 is 5.97 Å². The fourth-order valence-corrected chi connectivity index (χ4v) is 3.33. The predicted molar refractivity (Wildman–Crippen MR) is 78.1 cm³/mol. The van der Waals surface area contributed by atoms with E-state index in [4.69, 9.17) is 9.84 Å². The van der Waals surface area contributed by atoms with Crippen LogP contribution in [0.15, 0.2) is 0 Å². The van der Waals surface area contributed by atoms with Gasteiger partial charge < -0.3 is 20.1 Å². The van der Waals surface area contributed by atoms with Crippen LogP contribution in [0.2, 0.25) is 0 Å². The van der Waals surface area contributed by atoms with E-state index in [1.807, 2.05) is 4.90 Å². The minimum Gasteiger partial charge on any atom is -0.481 e. The molecular weight excluding hydrogens is 272 g/mol. The van der Waals surface area contributed by atoms with Crippen molar-refractivity contribution in [2.24, 2.45) is 11.3 Å². The Morgan fingerprint density at radius 1 is 1.33 bits per heavy atom. The van der Waals surface area contributed by atoms with Crippen molar-refractivity contribution in [2.45, 2.75) is 38.5 Å². The Hall–Kier alpha value is -1.30. The van der Waals surface area contributed by atoms with E-state index in [1.54, 1.807) is 7.11 Å². The van der Waals surface area contributed by atoms with Crippen LogP contribution in [0, 0.1) is 11.3 Å². The molecule has 1 saturated carbocycles. The summed E-state index contributed by atoms with van der Waals surface area (Å²) in [6.07, 6.45) is 4.96. The van der Waals surface area contributed by atoms with Gasteiger partial charge >= 0.3 is 12.0 Å². The second-order valence-electron chi connectivity index (χ2n) is 6.47. The number of aliphatic carboxylic acids is 1. The number of hydrogen-bond donors (Lipinski definition) is 2. The summed E-state index contributed by atoms with van der Waals surface area (Å²) in [5.74, 6) is -0.228. The zero-order valence-electron chi connectivity index (χ0n) is 12.8. The average molecular weight is 298 g/mol. The normalized spacial score (nSPS) is 21.7. The lowest BCUT2D eigenvalue weighted by atomic mass is 9.66. The number of carbonyl (C=O) groups is 2. The van der Waals surface area contributed by atoms with Gasteiger partial charge in [-0.05, 0) is 37.0 Å². The molecule has 1 aliphatic heterocycles. The Balaban J connectivity index is 1.73. The number of urea groups is 1. The van der Waals surface area contributed by atoms with Crippen molar-refractivity contribution >= 4 is 12.0 Å². The number of piperidine rings is 1. The molecule has 2 N–H and O–H groups in total. The van der Waals surface area contributed by atoms with E-state index in [-0.39, 0.29) is 17.9 Å². The number of carboxylic acid groups (broad SMARTS) is 1. The van der Waals surface area contributed by atoms with Crippen molar-refractivity contribution in [3.63, 3.8) is 0 Å². The highest BCUT2D eigenvalue weighted by Gasteiger charge is 2.39. The Labute approximate surface area is 125 Å². The summed E-state index contributed by atoms with van der Waals surface area (Å²) < 4.78 is 5.15. The van der Waals surface area contributed by atoms with Crippen LogP contribution >= 0.6 is 0 Å². The van der Waals surface area contributed by atoms with Crippen molar-refractivity contribution < 1.29 is 19.4 Å². The Bertz CT molecular complexity index is 374. The van der Waals surface area contributed by atoms with Gasteiger partial charge in [0.25, 0.3) is 0 Å². The molecule has 2 aliphatic rings. The van der Waals surface area contributed by atoms with E-state index in [1.165, 1.54) is 0 Å². The van der Waals surface area contributed by atoms with Gasteiger partial charge in [-0.3, -0.25) is 4.79 Å². The van der Waals surface area contributed by atoms with Gasteiger partial charge in [-0.15, -0.1) is 0 Å². The van der Waals surface area contributed by atoms with E-state index in [0.29, 0.717) is 12.5 Å². The maximum absolute atomic E-state index is 12.2. The van der Waals surface area contributed by atoms with Gasteiger partial charge in [-0.25, -0.2) is 4.79 Å². The molecule has 6 nitrogen and oxygen atoms in total. The minimum absolute atomic E-state index is 0.0532. The van der Waals surface area contributed by atoms with Gasteiger partial charge in [0.1, 0.15) is 0 Å². The summed E-state index contributed by atoms with van der Waals surface area (Å²) in [7, 11) is 1.71. The molecular formula is C15H26N2O4. The van der Waals surface area contributed by atoms with Crippen molar-refractivity contribution in [3.05, 3.63) is 0 Å². The smallest absolute Gasteiger partial charge is 0.317 e. The summed E-state index contributed by atoms with van der Waals surface area (Å²) in [5.41, 5.74) is -0.212. The second-order valence-corrected chi connectivity index (χ2v) is 6.47. The molecule has 1 saturated heterocycles. The summed E-state index contributed by atoms with van der Waals surface area (Å²) >= 11 is 0. The molecule has 6 heteroatoms. The molecule has 1 aliphatic carbocycles. The molecule has 1 heterocycles. The lowest BCUT2D eigenvalue weighted by Crippen LogP contribution is -2.50. The first-order valence-corrected chi connectivity index (χ1v) is 7.78. The third-order valence-electron chi connectivity index (χ3n) is 4.86. The quantitative estimate of drug-likeness (QED) is 0.782. The summed E-state index contributed by atoms with van der Waals surface area (Å²) in [6, 6.07) is -0.0532. The molecule has 0 bridgehead atoms. The topological polar surface area (TPSA) is 78.9 Å². The minimum atomic E-state index is -0.774. The zero-order chi connectivity index (χ0) is 15.3. The van der Waals surface area contributed by atoms with Crippen molar-refractivity contribution in [1.29, 1.82) is 0 Å². The number of nitrogens with zero attached hydrogens (tertiary/aromatic N) is 1. The number of nitrogens with one attached hydrogen (secondary N) is 1. The molecule has 0 aromatic heterocycles. The number of amides is 2. The van der Waals surface area contributed by atoms with Gasteiger partial charge in [-0.1, -0.05) is 6.42 Å². The molecule has 120 valence electrons. The van der Waals surface area contributed by atoms with Crippen LogP contribution in [-0.4, -0.2) is 55.4 Å². The van der Waals surface area contributed by atoms with Gasteiger partial charge in [0, 0.05) is 33.4 Å². The highest BCUT2D eigenvalue weighted by atomic mass is 16.5. The van der Waals surface area contributed by atoms with Gasteiger partial charge in [0.15, 0.2) is 0 Å². The first-order chi connectivity index (χ1) is 10.0. The van der Waals surface area contributed by atoms with Crippen LogP contribution in [0.1, 0.15) is 38.5 Å². The van der Waals surface area contributed by atoms with Crippen molar-refractivity contribution in [1.82, 2.24) is 10.2 Å². The third-order valence-corrected chi connectivity index (χ3v) is 4.86. The number of rotatable bonds is 6. The second kappa shape index (κ2) is 7.11. The molecule has 0 spiro atoms. The highest BCUT2D eigenvalue weighted by molar-refractivity contribution is 5.74. The molecule has 0 aromatic carbocycles. The SMILES string of the molecule is COCC1CCN(C(=O)NCC2(CC(=O)O)CCC2)CC1. The zero-order valence-corrected chi connectivity index (χ0v) is 12.8. The maximum atomic E-state index is 12.2. The number of ether oxygens (including phenoxy) is 1. The van der Waals surface area contributed by atoms with Gasteiger partial charge in [-0.2, -0.15) is 0 Å². The van der Waals surface area contributed by atoms with Crippen molar-refractivity contribution in [3.8, 4) is 0 Å². The molecule has 21 heavy (non-hydrogen) atoms. The maximum Gasteiger partial charge on any atom is 0.317 e. The molecule has 0 atom stereocenters. The fourth-order valence-electron chi connectivity index (χ4n) is 3.33. The number of methoxy groups -OCH3 is 1. The van der Waals surface area contributed by atoms with Gasteiger partial charge in [0.2, 0.25) is 0 Å². The molecule has 2 amide bonds. The summed E-state index contributed by atoms with van der Waals surface area (Å²) in [5, 5.41) is 11.9. The summed E-state index contributed by atoms with van der Waals surface area (Å²) in [4.78, 5) is 24.9. The Kier molecular flexibility index (Phi) is 5.45. The number of carbonyl (C=O) groups excluding carboxylic acids is 1. The lowest BCUT2D eigenvalue weighted by molar-refractivity contribution is -0.141. The molecule has 0 radical (unpaired) electrons. The predicted octanol–water partition coefficient (Wildman–Crippen LogP) is 1.70. The van der Waals surface area contributed by atoms with E-state index in [0.717, 1.165) is 51.8 Å². The van der Waals surface area contributed by atoms with E-state index in [9.17, 15) is 9.59 Å². The summed E-state index contributed by atoms with van der Waals surface area (Å²) in [6.45, 7) is 2.75. The number of carboxylic acids is 1. The van der Waals surface area contributed by atoms with Crippen LogP contribution in [0.25, 0.3) is 0 Å². The molecule has 2 fully saturated rings. The standard InChI is InChI=1S/C15H26N2O4/c1-21-10-12-3-7-17(8-4-12)14(20)16-11-15(5-2-6-15)9-13(18)19/h12H,2-11H2,1H3,(H,16,20)(H,18,19). The monoisotopic (exact) mass is 298 g/mol. The largest absolute Gasteiger partial charge is 0.481 e. The molecule has 0 aromatic rings. The van der Waals surface area contributed by atoms with Crippen molar-refractivity contribution in [2.75, 3.05) is 33.4 Å². The Morgan fingerprint density at radius 3 is 2.48 bits per heavy atom. The van der Waals surface area contributed by atoms with Crippen LogP contribution in [0.3, 0.4) is 0 Å². The molecule has 2 rings (SSSR count). The Morgan fingerprint density at radius 2 is 2.00 bits per heavy atom. The van der Waals surface area contributed by atoms with Crippen LogP contribution in [-0.2, 0) is 9.53 Å². The van der Waals surface area contributed by atoms with Gasteiger partial charge in [0.05, 0.1) is 6.42 Å².